The van der Waals surface area contributed by atoms with Gasteiger partial charge in [-0.25, -0.2) is 12.7 Å². The summed E-state index contributed by atoms with van der Waals surface area (Å²) in [6.45, 7) is 4.02. The molecule has 1 atom stereocenters. The number of nitrogens with one attached hydrogen (secondary N) is 1. The molecule has 2 amide bonds. The van der Waals surface area contributed by atoms with Crippen LogP contribution in [0.25, 0.3) is 0 Å². The van der Waals surface area contributed by atoms with Crippen LogP contribution in [0.2, 0.25) is 0 Å². The van der Waals surface area contributed by atoms with Crippen molar-refractivity contribution < 1.29 is 18.0 Å². The first-order valence-electron chi connectivity index (χ1n) is 8.08. The molecule has 2 rings (SSSR count). The smallest absolute Gasteiger partial charge is 0.268 e. The number of sulfonamides is 1. The molecule has 0 saturated carbocycles. The van der Waals surface area contributed by atoms with Gasteiger partial charge in [-0.05, 0) is 31.5 Å². The van der Waals surface area contributed by atoms with Gasteiger partial charge in [-0.15, -0.1) is 0 Å². The van der Waals surface area contributed by atoms with Gasteiger partial charge in [0.2, 0.25) is 0 Å². The number of carbonyl (C=O) groups is 2. The number of nitrogens with two attached hydrogens (primary N) is 1. The van der Waals surface area contributed by atoms with Crippen LogP contribution < -0.4 is 11.1 Å². The van der Waals surface area contributed by atoms with Crippen molar-refractivity contribution in [1.29, 1.82) is 0 Å². The van der Waals surface area contributed by atoms with Gasteiger partial charge >= 0.3 is 0 Å². The van der Waals surface area contributed by atoms with Crippen molar-refractivity contribution in [3.63, 3.8) is 0 Å². The Morgan fingerprint density at radius 1 is 1.33 bits per heavy atom. The summed E-state index contributed by atoms with van der Waals surface area (Å²) in [6, 6.07) is 3.97. The standard InChI is InChI=1S/C16H23N3O4S/c1-3-5-6-12(10-17)18-15(20)11-7-8-13-14(9-11)24(22,23)19(4-2)16(13)21/h7-9,12H,3-6,10,17H2,1-2H3,(H,18,20). The Morgan fingerprint density at radius 2 is 2.04 bits per heavy atom. The average molecular weight is 353 g/mol. The molecule has 3 N–H and O–H groups in total. The molecule has 0 radical (unpaired) electrons. The lowest BCUT2D eigenvalue weighted by molar-refractivity contribution is 0.0873. The molecule has 0 bridgehead atoms. The molecule has 1 heterocycles. The van der Waals surface area contributed by atoms with Crippen molar-refractivity contribution in [2.75, 3.05) is 13.1 Å². The first kappa shape index (κ1) is 18.4. The monoisotopic (exact) mass is 353 g/mol. The summed E-state index contributed by atoms with van der Waals surface area (Å²) in [5, 5.41) is 2.82. The van der Waals surface area contributed by atoms with Gasteiger partial charge in [-0.1, -0.05) is 19.8 Å². The fourth-order valence-electron chi connectivity index (χ4n) is 2.70. The second-order valence-electron chi connectivity index (χ2n) is 5.73. The third-order valence-electron chi connectivity index (χ3n) is 4.08. The van der Waals surface area contributed by atoms with Gasteiger partial charge in [0.1, 0.15) is 4.90 Å². The molecule has 1 unspecified atom stereocenters. The summed E-state index contributed by atoms with van der Waals surface area (Å²) in [4.78, 5) is 24.3. The number of rotatable bonds is 7. The highest BCUT2D eigenvalue weighted by Crippen LogP contribution is 2.30. The van der Waals surface area contributed by atoms with E-state index in [1.165, 1.54) is 18.2 Å². The number of fused-ring (bicyclic) bond motifs is 1. The highest BCUT2D eigenvalue weighted by atomic mass is 32.2. The topological polar surface area (TPSA) is 110 Å². The van der Waals surface area contributed by atoms with Crippen LogP contribution in [-0.4, -0.2) is 43.7 Å². The van der Waals surface area contributed by atoms with Crippen LogP contribution in [0, 0.1) is 0 Å². The fourth-order valence-corrected chi connectivity index (χ4v) is 4.30. The zero-order chi connectivity index (χ0) is 17.9. The Morgan fingerprint density at radius 3 is 2.62 bits per heavy atom. The minimum Gasteiger partial charge on any atom is -0.348 e. The molecule has 1 aliphatic rings. The van der Waals surface area contributed by atoms with Crippen molar-refractivity contribution in [2.24, 2.45) is 5.73 Å². The first-order chi connectivity index (χ1) is 11.4. The molecule has 0 spiro atoms. The van der Waals surface area contributed by atoms with Crippen LogP contribution in [0.4, 0.5) is 0 Å². The molecule has 132 valence electrons. The molecule has 1 aromatic carbocycles. The lowest BCUT2D eigenvalue weighted by atomic mass is 10.1. The highest BCUT2D eigenvalue weighted by Gasteiger charge is 2.40. The van der Waals surface area contributed by atoms with Crippen LogP contribution in [0.1, 0.15) is 53.8 Å². The SMILES string of the molecule is CCCCC(CN)NC(=O)c1ccc2c(c1)S(=O)(=O)N(CC)C2=O. The zero-order valence-corrected chi connectivity index (χ0v) is 14.7. The molecule has 0 fully saturated rings. The lowest BCUT2D eigenvalue weighted by Crippen LogP contribution is -2.40. The Bertz CT molecular complexity index is 746. The zero-order valence-electron chi connectivity index (χ0n) is 13.9. The van der Waals surface area contributed by atoms with Gasteiger partial charge in [-0.2, -0.15) is 0 Å². The number of hydrogen-bond donors (Lipinski definition) is 2. The van der Waals surface area contributed by atoms with E-state index in [0.717, 1.165) is 23.6 Å². The highest BCUT2D eigenvalue weighted by molar-refractivity contribution is 7.90. The molecule has 0 aliphatic carbocycles. The number of benzene rings is 1. The van der Waals surface area contributed by atoms with Crippen molar-refractivity contribution in [3.05, 3.63) is 29.3 Å². The Kier molecular flexibility index (Phi) is 5.61. The number of nitrogens with zero attached hydrogens (tertiary/aromatic N) is 1. The molecule has 24 heavy (non-hydrogen) atoms. The molecule has 8 heteroatoms. The largest absolute Gasteiger partial charge is 0.348 e. The fraction of sp³-hybridized carbons (Fsp3) is 0.500. The minimum atomic E-state index is -3.87. The van der Waals surface area contributed by atoms with Gasteiger partial charge in [0.05, 0.1) is 5.56 Å². The predicted molar refractivity (Wildman–Crippen MR) is 90.2 cm³/mol. The van der Waals surface area contributed by atoms with E-state index in [9.17, 15) is 18.0 Å². The van der Waals surface area contributed by atoms with Crippen LogP contribution in [0.5, 0.6) is 0 Å². The van der Waals surface area contributed by atoms with E-state index >= 15 is 0 Å². The van der Waals surface area contributed by atoms with E-state index in [0.29, 0.717) is 6.54 Å². The van der Waals surface area contributed by atoms with E-state index in [1.807, 2.05) is 0 Å². The van der Waals surface area contributed by atoms with Gasteiger partial charge in [0, 0.05) is 24.7 Å². The Labute approximate surface area is 142 Å². The minimum absolute atomic E-state index is 0.0592. The average Bonchev–Trinajstić information content (AvgIpc) is 2.76. The van der Waals surface area contributed by atoms with Gasteiger partial charge < -0.3 is 11.1 Å². The van der Waals surface area contributed by atoms with Crippen LogP contribution in [0.15, 0.2) is 23.1 Å². The van der Waals surface area contributed by atoms with E-state index < -0.39 is 15.9 Å². The van der Waals surface area contributed by atoms with E-state index in [1.54, 1.807) is 6.92 Å². The van der Waals surface area contributed by atoms with E-state index in [2.05, 4.69) is 12.2 Å². The second-order valence-corrected chi connectivity index (χ2v) is 7.56. The van der Waals surface area contributed by atoms with Crippen molar-refractivity contribution in [3.8, 4) is 0 Å². The second kappa shape index (κ2) is 7.31. The number of carbonyl (C=O) groups excluding carboxylic acids is 2. The third kappa shape index (κ3) is 3.29. The maximum atomic E-state index is 12.4. The molecular weight excluding hydrogens is 330 g/mol. The molecule has 1 aliphatic heterocycles. The summed E-state index contributed by atoms with van der Waals surface area (Å²) < 4.78 is 25.6. The number of hydrogen-bond acceptors (Lipinski definition) is 5. The summed E-state index contributed by atoms with van der Waals surface area (Å²) in [5.74, 6) is -0.941. The summed E-state index contributed by atoms with van der Waals surface area (Å²) >= 11 is 0. The van der Waals surface area contributed by atoms with Crippen LogP contribution in [0.3, 0.4) is 0 Å². The Balaban J connectivity index is 2.27. The molecular formula is C16H23N3O4S. The van der Waals surface area contributed by atoms with E-state index in [4.69, 9.17) is 5.73 Å². The van der Waals surface area contributed by atoms with Crippen LogP contribution >= 0.6 is 0 Å². The quantitative estimate of drug-likeness (QED) is 0.763. The van der Waals surface area contributed by atoms with Gasteiger partial charge in [0.25, 0.3) is 21.8 Å². The summed E-state index contributed by atoms with van der Waals surface area (Å²) in [7, 11) is -3.87. The normalized spacial score (nSPS) is 16.8. The maximum absolute atomic E-state index is 12.4. The predicted octanol–water partition coefficient (Wildman–Crippen LogP) is 1.10. The molecule has 0 saturated heterocycles. The first-order valence-corrected chi connectivity index (χ1v) is 9.52. The summed E-state index contributed by atoms with van der Waals surface area (Å²) in [6.07, 6.45) is 2.71. The maximum Gasteiger partial charge on any atom is 0.268 e. The molecule has 0 aromatic heterocycles. The van der Waals surface area contributed by atoms with Crippen LogP contribution in [-0.2, 0) is 10.0 Å². The molecule has 7 nitrogen and oxygen atoms in total. The van der Waals surface area contributed by atoms with Crippen molar-refractivity contribution >= 4 is 21.8 Å². The lowest BCUT2D eigenvalue weighted by Gasteiger charge is -2.16. The third-order valence-corrected chi connectivity index (χ3v) is 5.98. The number of unbranched alkanes of at least 4 members (excludes halogenated alkanes) is 1. The van der Waals surface area contributed by atoms with Gasteiger partial charge in [0.15, 0.2) is 0 Å². The van der Waals surface area contributed by atoms with Crippen molar-refractivity contribution in [2.45, 2.75) is 44.0 Å². The number of amides is 2. The van der Waals surface area contributed by atoms with Gasteiger partial charge in [-0.3, -0.25) is 9.59 Å². The molecule has 1 aromatic rings. The Hall–Kier alpha value is -1.93. The van der Waals surface area contributed by atoms with Crippen molar-refractivity contribution in [1.82, 2.24) is 9.62 Å². The summed E-state index contributed by atoms with van der Waals surface area (Å²) in [5.41, 5.74) is 5.98. The van der Waals surface area contributed by atoms with E-state index in [-0.39, 0.29) is 34.5 Å².